The van der Waals surface area contributed by atoms with E-state index in [0.717, 1.165) is 10.6 Å². The molecule has 0 saturated heterocycles. The van der Waals surface area contributed by atoms with E-state index < -0.39 is 5.67 Å². The molecule has 14 heavy (non-hydrogen) atoms. The van der Waals surface area contributed by atoms with Crippen molar-refractivity contribution in [2.45, 2.75) is 24.4 Å². The van der Waals surface area contributed by atoms with Gasteiger partial charge in [0.2, 0.25) is 0 Å². The lowest BCUT2D eigenvalue weighted by Gasteiger charge is -2.21. The van der Waals surface area contributed by atoms with Crippen molar-refractivity contribution in [1.82, 2.24) is 0 Å². The lowest BCUT2D eigenvalue weighted by atomic mass is 9.98. The number of halogens is 1. The number of benzene rings is 1. The third-order valence-corrected chi connectivity index (χ3v) is 3.09. The molecule has 0 aliphatic carbocycles. The normalized spacial score (nSPS) is 15.1. The van der Waals surface area contributed by atoms with Crippen LogP contribution in [0, 0.1) is 0 Å². The summed E-state index contributed by atoms with van der Waals surface area (Å²) in [5, 5.41) is 0. The summed E-state index contributed by atoms with van der Waals surface area (Å²) in [7, 11) is 0. The maximum Gasteiger partial charge on any atom is 0.146 e. The molecule has 1 atom stereocenters. The molecule has 0 aromatic heterocycles. The van der Waals surface area contributed by atoms with E-state index in [1.54, 1.807) is 11.8 Å². The Morgan fingerprint density at radius 2 is 2.07 bits per heavy atom. The van der Waals surface area contributed by atoms with Crippen LogP contribution in [0.2, 0.25) is 0 Å². The van der Waals surface area contributed by atoms with Gasteiger partial charge in [0.15, 0.2) is 0 Å². The Bertz CT molecular complexity index is 299. The van der Waals surface area contributed by atoms with Crippen molar-refractivity contribution in [2.75, 3.05) is 12.3 Å². The van der Waals surface area contributed by atoms with Gasteiger partial charge in [0, 0.05) is 17.0 Å². The molecule has 2 N–H and O–H groups in total. The number of thioether (sulfide) groups is 1. The third kappa shape index (κ3) is 2.49. The zero-order chi connectivity index (χ0) is 10.6. The van der Waals surface area contributed by atoms with Gasteiger partial charge in [-0.1, -0.05) is 25.1 Å². The number of nitrogens with two attached hydrogens (primary N) is 1. The molecule has 1 aromatic carbocycles. The monoisotopic (exact) mass is 213 g/mol. The van der Waals surface area contributed by atoms with Crippen LogP contribution in [0.3, 0.4) is 0 Å². The fraction of sp³-hybridized carbons (Fsp3) is 0.455. The predicted octanol–water partition coefficient (Wildman–Crippen LogP) is 2.94. The molecular formula is C11H16FNS. The van der Waals surface area contributed by atoms with Crippen LogP contribution < -0.4 is 5.73 Å². The highest BCUT2D eigenvalue weighted by atomic mass is 32.2. The molecule has 1 rings (SSSR count). The number of alkyl halides is 1. The summed E-state index contributed by atoms with van der Waals surface area (Å²) in [5.74, 6) is 0.942. The van der Waals surface area contributed by atoms with Crippen molar-refractivity contribution in [3.8, 4) is 0 Å². The van der Waals surface area contributed by atoms with Gasteiger partial charge < -0.3 is 5.73 Å². The van der Waals surface area contributed by atoms with E-state index in [-0.39, 0.29) is 6.54 Å². The van der Waals surface area contributed by atoms with Gasteiger partial charge in [0.05, 0.1) is 0 Å². The molecule has 0 spiro atoms. The molecule has 1 nitrogen and oxygen atoms in total. The summed E-state index contributed by atoms with van der Waals surface area (Å²) in [5.41, 5.74) is 4.70. The Labute approximate surface area is 88.9 Å². The molecule has 0 aliphatic heterocycles. The number of hydrogen-bond acceptors (Lipinski definition) is 2. The van der Waals surface area contributed by atoms with E-state index in [2.05, 4.69) is 6.92 Å². The minimum Gasteiger partial charge on any atom is -0.327 e. The topological polar surface area (TPSA) is 26.0 Å². The lowest BCUT2D eigenvalue weighted by molar-refractivity contribution is 0.199. The van der Waals surface area contributed by atoms with Crippen LogP contribution in [0.4, 0.5) is 4.39 Å². The molecule has 0 amide bonds. The Balaban J connectivity index is 3.06. The number of rotatable bonds is 4. The van der Waals surface area contributed by atoms with Crippen LogP contribution in [0.5, 0.6) is 0 Å². The SMILES string of the molecule is CCSc1ccccc1C(C)(F)CN. The van der Waals surface area contributed by atoms with Crippen molar-refractivity contribution in [2.24, 2.45) is 5.73 Å². The quantitative estimate of drug-likeness (QED) is 0.778. The van der Waals surface area contributed by atoms with Crippen molar-refractivity contribution >= 4 is 11.8 Å². The molecule has 0 radical (unpaired) electrons. The summed E-state index contributed by atoms with van der Waals surface area (Å²) < 4.78 is 14.0. The van der Waals surface area contributed by atoms with Crippen LogP contribution in [0.1, 0.15) is 19.4 Å². The van der Waals surface area contributed by atoms with E-state index in [9.17, 15) is 4.39 Å². The van der Waals surface area contributed by atoms with Gasteiger partial charge in [0.1, 0.15) is 5.67 Å². The molecule has 0 aliphatic rings. The highest BCUT2D eigenvalue weighted by molar-refractivity contribution is 7.99. The van der Waals surface area contributed by atoms with E-state index in [0.29, 0.717) is 5.56 Å². The molecule has 0 bridgehead atoms. The van der Waals surface area contributed by atoms with E-state index in [4.69, 9.17) is 5.73 Å². The average molecular weight is 213 g/mol. The second-order valence-corrected chi connectivity index (χ2v) is 4.64. The Morgan fingerprint density at radius 3 is 2.64 bits per heavy atom. The summed E-state index contributed by atoms with van der Waals surface area (Å²) >= 11 is 1.65. The molecule has 0 heterocycles. The molecular weight excluding hydrogens is 197 g/mol. The minimum absolute atomic E-state index is 0.0221. The van der Waals surface area contributed by atoms with Crippen LogP contribution in [-0.4, -0.2) is 12.3 Å². The largest absolute Gasteiger partial charge is 0.327 e. The maximum atomic E-state index is 14.0. The van der Waals surface area contributed by atoms with Gasteiger partial charge >= 0.3 is 0 Å². The second-order valence-electron chi connectivity index (χ2n) is 3.33. The summed E-state index contributed by atoms with van der Waals surface area (Å²) in [6.07, 6.45) is 0. The van der Waals surface area contributed by atoms with Crippen LogP contribution >= 0.6 is 11.8 Å². The fourth-order valence-corrected chi connectivity index (χ4v) is 2.21. The third-order valence-electron chi connectivity index (χ3n) is 2.13. The summed E-state index contributed by atoms with van der Waals surface area (Å²) in [6, 6.07) is 7.53. The van der Waals surface area contributed by atoms with Crippen LogP contribution in [0.15, 0.2) is 29.2 Å². The van der Waals surface area contributed by atoms with Gasteiger partial charge in [-0.05, 0) is 18.7 Å². The van der Waals surface area contributed by atoms with E-state index >= 15 is 0 Å². The van der Waals surface area contributed by atoms with Gasteiger partial charge in [-0.2, -0.15) is 0 Å². The van der Waals surface area contributed by atoms with Gasteiger partial charge in [-0.25, -0.2) is 4.39 Å². The Kier molecular flexibility index (Phi) is 3.96. The van der Waals surface area contributed by atoms with Crippen molar-refractivity contribution in [3.63, 3.8) is 0 Å². The highest BCUT2D eigenvalue weighted by Gasteiger charge is 2.26. The van der Waals surface area contributed by atoms with Crippen molar-refractivity contribution in [3.05, 3.63) is 29.8 Å². The standard InChI is InChI=1S/C11H16FNS/c1-3-14-10-7-5-4-6-9(10)11(2,12)8-13/h4-7H,3,8,13H2,1-2H3. The van der Waals surface area contributed by atoms with Crippen LogP contribution in [0.25, 0.3) is 0 Å². The molecule has 0 fully saturated rings. The fourth-order valence-electron chi connectivity index (χ4n) is 1.29. The molecule has 78 valence electrons. The molecule has 3 heteroatoms. The van der Waals surface area contributed by atoms with Crippen LogP contribution in [-0.2, 0) is 5.67 Å². The van der Waals surface area contributed by atoms with Gasteiger partial charge in [0.25, 0.3) is 0 Å². The second kappa shape index (κ2) is 4.80. The summed E-state index contributed by atoms with van der Waals surface area (Å²) in [6.45, 7) is 3.61. The first-order valence-electron chi connectivity index (χ1n) is 4.73. The minimum atomic E-state index is -1.42. The maximum absolute atomic E-state index is 14.0. The summed E-state index contributed by atoms with van der Waals surface area (Å²) in [4.78, 5) is 0.991. The molecule has 0 saturated carbocycles. The van der Waals surface area contributed by atoms with Crippen molar-refractivity contribution < 1.29 is 4.39 Å². The zero-order valence-corrected chi connectivity index (χ0v) is 9.40. The average Bonchev–Trinajstić information content (AvgIpc) is 2.19. The van der Waals surface area contributed by atoms with Gasteiger partial charge in [-0.3, -0.25) is 0 Å². The smallest absolute Gasteiger partial charge is 0.146 e. The lowest BCUT2D eigenvalue weighted by Crippen LogP contribution is -2.27. The molecule has 1 aromatic rings. The predicted molar refractivity (Wildman–Crippen MR) is 60.4 cm³/mol. The molecule has 1 unspecified atom stereocenters. The Hall–Kier alpha value is -0.540. The van der Waals surface area contributed by atoms with E-state index in [1.165, 1.54) is 6.92 Å². The zero-order valence-electron chi connectivity index (χ0n) is 8.59. The number of hydrogen-bond donors (Lipinski definition) is 1. The first-order chi connectivity index (χ1) is 6.61. The Morgan fingerprint density at radius 1 is 1.43 bits per heavy atom. The first kappa shape index (κ1) is 11.5. The van der Waals surface area contributed by atoms with Gasteiger partial charge in [-0.15, -0.1) is 11.8 Å². The highest BCUT2D eigenvalue weighted by Crippen LogP contribution is 2.32. The van der Waals surface area contributed by atoms with Crippen molar-refractivity contribution in [1.29, 1.82) is 0 Å². The first-order valence-corrected chi connectivity index (χ1v) is 5.71. The van der Waals surface area contributed by atoms with E-state index in [1.807, 2.05) is 24.3 Å².